The lowest BCUT2D eigenvalue weighted by molar-refractivity contribution is -0.115. The van der Waals surface area contributed by atoms with E-state index in [1.165, 1.54) is 17.3 Å². The molecule has 6 heteroatoms. The molecule has 1 aliphatic rings. The molecule has 26 heavy (non-hydrogen) atoms. The van der Waals surface area contributed by atoms with Crippen molar-refractivity contribution in [3.05, 3.63) is 51.4 Å². The Morgan fingerprint density at radius 2 is 2.00 bits per heavy atom. The lowest BCUT2D eigenvalue weighted by Gasteiger charge is -2.15. The third-order valence-electron chi connectivity index (χ3n) is 4.68. The first-order valence-corrected chi connectivity index (χ1v) is 10.1. The Morgan fingerprint density at radius 3 is 2.65 bits per heavy atom. The molecule has 0 fully saturated rings. The smallest absolute Gasteiger partial charge is 0.254 e. The molecule has 1 amide bonds. The highest BCUT2D eigenvalue weighted by Crippen LogP contribution is 2.26. The Kier molecular flexibility index (Phi) is 5.81. The minimum atomic E-state index is -0.303. The molecule has 2 aromatic rings. The molecule has 1 heterocycles. The van der Waals surface area contributed by atoms with Crippen molar-refractivity contribution in [2.75, 3.05) is 5.32 Å². The van der Waals surface area contributed by atoms with Gasteiger partial charge in [0.25, 0.3) is 5.56 Å². The van der Waals surface area contributed by atoms with E-state index >= 15 is 0 Å². The highest BCUT2D eigenvalue weighted by molar-refractivity contribution is 8.00. The van der Waals surface area contributed by atoms with E-state index in [4.69, 9.17) is 0 Å². The summed E-state index contributed by atoms with van der Waals surface area (Å²) in [5.74, 6) is 0.388. The maximum atomic E-state index is 12.6. The minimum Gasteiger partial charge on any atom is -0.325 e. The van der Waals surface area contributed by atoms with Gasteiger partial charge in [-0.15, -0.1) is 0 Å². The fourth-order valence-corrected chi connectivity index (χ4v) is 4.02. The quantitative estimate of drug-likeness (QED) is 0.597. The van der Waals surface area contributed by atoms with Gasteiger partial charge in [0.15, 0.2) is 5.16 Å². The average Bonchev–Trinajstić information content (AvgIpc) is 3.09. The van der Waals surface area contributed by atoms with E-state index in [1.807, 2.05) is 31.2 Å². The molecular formula is C20H25N3O2S. The van der Waals surface area contributed by atoms with Gasteiger partial charge in [-0.2, -0.15) is 0 Å². The largest absolute Gasteiger partial charge is 0.325 e. The second kappa shape index (κ2) is 8.08. The summed E-state index contributed by atoms with van der Waals surface area (Å²) in [4.78, 5) is 32.2. The number of aryl methyl sites for hydroxylation is 1. The summed E-state index contributed by atoms with van der Waals surface area (Å²) in [6.45, 7) is 6.24. The number of fused-ring (bicyclic) bond motifs is 1. The molecular weight excluding hydrogens is 346 g/mol. The number of benzene rings is 1. The Bertz CT molecular complexity index is 843. The number of nitrogens with one attached hydrogen (secondary N) is 2. The predicted molar refractivity (Wildman–Crippen MR) is 106 cm³/mol. The van der Waals surface area contributed by atoms with Gasteiger partial charge in [-0.3, -0.25) is 9.59 Å². The fourth-order valence-electron chi connectivity index (χ4n) is 3.11. The summed E-state index contributed by atoms with van der Waals surface area (Å²) in [7, 11) is 0. The molecule has 138 valence electrons. The SMILES string of the molecule is CC[C@H](Sc1nc2c(c(=O)[nH]1)CCC2)C(=O)Nc1ccc(C(C)C)cc1. The topological polar surface area (TPSA) is 74.8 Å². The highest BCUT2D eigenvalue weighted by Gasteiger charge is 2.22. The summed E-state index contributed by atoms with van der Waals surface area (Å²) in [5, 5.41) is 3.20. The summed E-state index contributed by atoms with van der Waals surface area (Å²) in [5.41, 5.74) is 3.65. The molecule has 0 aliphatic heterocycles. The molecule has 0 bridgehead atoms. The fraction of sp³-hybridized carbons (Fsp3) is 0.450. The van der Waals surface area contributed by atoms with Gasteiger partial charge < -0.3 is 10.3 Å². The first kappa shape index (κ1) is 18.7. The third-order valence-corrected chi connectivity index (χ3v) is 5.93. The number of carbonyl (C=O) groups excluding carboxylic acids is 1. The number of hydrogen-bond donors (Lipinski definition) is 2. The summed E-state index contributed by atoms with van der Waals surface area (Å²) in [6, 6.07) is 7.93. The second-order valence-electron chi connectivity index (χ2n) is 6.93. The van der Waals surface area contributed by atoms with Gasteiger partial charge in [-0.1, -0.05) is 44.7 Å². The first-order chi connectivity index (χ1) is 12.5. The van der Waals surface area contributed by atoms with E-state index in [-0.39, 0.29) is 16.7 Å². The molecule has 1 atom stereocenters. The molecule has 1 aromatic carbocycles. The number of thioether (sulfide) groups is 1. The predicted octanol–water partition coefficient (Wildman–Crippen LogP) is 3.89. The minimum absolute atomic E-state index is 0.0606. The normalized spacial score (nSPS) is 14.3. The number of nitrogens with zero attached hydrogens (tertiary/aromatic N) is 1. The van der Waals surface area contributed by atoms with Gasteiger partial charge in [0.2, 0.25) is 5.91 Å². The summed E-state index contributed by atoms with van der Waals surface area (Å²) < 4.78 is 0. The van der Waals surface area contributed by atoms with Crippen LogP contribution in [0.15, 0.2) is 34.2 Å². The Morgan fingerprint density at radius 1 is 1.27 bits per heavy atom. The van der Waals surface area contributed by atoms with Gasteiger partial charge in [0, 0.05) is 11.3 Å². The highest BCUT2D eigenvalue weighted by atomic mass is 32.2. The van der Waals surface area contributed by atoms with Crippen LogP contribution in [0.3, 0.4) is 0 Å². The molecule has 0 unspecified atom stereocenters. The molecule has 0 spiro atoms. The molecule has 0 saturated carbocycles. The number of anilines is 1. The van der Waals surface area contributed by atoms with E-state index in [2.05, 4.69) is 29.1 Å². The number of rotatable bonds is 6. The van der Waals surface area contributed by atoms with Crippen molar-refractivity contribution in [2.45, 2.75) is 62.8 Å². The van der Waals surface area contributed by atoms with Crippen LogP contribution in [0.1, 0.15) is 56.4 Å². The van der Waals surface area contributed by atoms with Gasteiger partial charge in [0.1, 0.15) is 0 Å². The zero-order valence-corrected chi connectivity index (χ0v) is 16.3. The molecule has 1 aromatic heterocycles. The van der Waals surface area contributed by atoms with Crippen LogP contribution in [0, 0.1) is 0 Å². The first-order valence-electron chi connectivity index (χ1n) is 9.17. The van der Waals surface area contributed by atoms with Crippen molar-refractivity contribution in [2.24, 2.45) is 0 Å². The van der Waals surface area contributed by atoms with Crippen LogP contribution >= 0.6 is 11.8 Å². The molecule has 2 N–H and O–H groups in total. The number of hydrogen-bond acceptors (Lipinski definition) is 4. The maximum absolute atomic E-state index is 12.6. The van der Waals surface area contributed by atoms with Gasteiger partial charge >= 0.3 is 0 Å². The lowest BCUT2D eigenvalue weighted by Crippen LogP contribution is -2.25. The summed E-state index contributed by atoms with van der Waals surface area (Å²) >= 11 is 1.33. The van der Waals surface area contributed by atoms with Crippen molar-refractivity contribution in [1.29, 1.82) is 0 Å². The van der Waals surface area contributed by atoms with Gasteiger partial charge in [0.05, 0.1) is 10.9 Å². The van der Waals surface area contributed by atoms with Crippen LogP contribution in [0.25, 0.3) is 0 Å². The number of carbonyl (C=O) groups is 1. The van der Waals surface area contributed by atoms with Crippen molar-refractivity contribution in [3.63, 3.8) is 0 Å². The molecule has 3 rings (SSSR count). The standard InChI is InChI=1S/C20H25N3O2S/c1-4-17(19(25)21-14-10-8-13(9-11-14)12(2)3)26-20-22-16-7-5-6-15(16)18(24)23-20/h8-12,17H,4-7H2,1-3H3,(H,21,25)(H,22,23,24)/t17-/m0/s1. The zero-order valence-electron chi connectivity index (χ0n) is 15.5. The second-order valence-corrected chi connectivity index (χ2v) is 8.12. The molecule has 5 nitrogen and oxygen atoms in total. The van der Waals surface area contributed by atoms with Crippen molar-refractivity contribution in [1.82, 2.24) is 9.97 Å². The van der Waals surface area contributed by atoms with E-state index in [0.29, 0.717) is 17.5 Å². The average molecular weight is 372 g/mol. The van der Waals surface area contributed by atoms with E-state index in [1.54, 1.807) is 0 Å². The molecule has 0 saturated heterocycles. The number of aromatic amines is 1. The lowest BCUT2D eigenvalue weighted by atomic mass is 10.0. The Hall–Kier alpha value is -2.08. The van der Waals surface area contributed by atoms with Crippen LogP contribution in [0.4, 0.5) is 5.69 Å². The van der Waals surface area contributed by atoms with E-state index in [0.717, 1.165) is 36.2 Å². The van der Waals surface area contributed by atoms with Crippen molar-refractivity contribution < 1.29 is 4.79 Å². The van der Waals surface area contributed by atoms with Crippen LogP contribution in [0.2, 0.25) is 0 Å². The third kappa shape index (κ3) is 4.18. The molecule has 1 aliphatic carbocycles. The maximum Gasteiger partial charge on any atom is 0.254 e. The van der Waals surface area contributed by atoms with E-state index in [9.17, 15) is 9.59 Å². The van der Waals surface area contributed by atoms with Gasteiger partial charge in [-0.05, 0) is 49.3 Å². The zero-order chi connectivity index (χ0) is 18.7. The van der Waals surface area contributed by atoms with Gasteiger partial charge in [-0.25, -0.2) is 4.98 Å². The van der Waals surface area contributed by atoms with Crippen LogP contribution in [-0.2, 0) is 17.6 Å². The van der Waals surface area contributed by atoms with Crippen molar-refractivity contribution in [3.8, 4) is 0 Å². The Balaban J connectivity index is 1.69. The van der Waals surface area contributed by atoms with Crippen LogP contribution in [0.5, 0.6) is 0 Å². The number of H-pyrrole nitrogens is 1. The van der Waals surface area contributed by atoms with E-state index < -0.39 is 0 Å². The molecule has 0 radical (unpaired) electrons. The van der Waals surface area contributed by atoms with Crippen molar-refractivity contribution >= 4 is 23.4 Å². The monoisotopic (exact) mass is 371 g/mol. The summed E-state index contributed by atoms with van der Waals surface area (Å²) in [6.07, 6.45) is 3.27. The van der Waals surface area contributed by atoms with Crippen LogP contribution < -0.4 is 10.9 Å². The number of aromatic nitrogens is 2. The number of amides is 1. The Labute approximate surface area is 158 Å². The van der Waals surface area contributed by atoms with Crippen LogP contribution in [-0.4, -0.2) is 21.1 Å².